The maximum absolute atomic E-state index is 13.9. The van der Waals surface area contributed by atoms with Crippen molar-refractivity contribution in [1.29, 1.82) is 0 Å². The Morgan fingerprint density at radius 2 is 2.11 bits per heavy atom. The highest BCUT2D eigenvalue weighted by molar-refractivity contribution is 6.33. The van der Waals surface area contributed by atoms with E-state index in [0.29, 0.717) is 6.54 Å². The normalized spacial score (nSPS) is 14.7. The third-order valence-electron chi connectivity index (χ3n) is 3.15. The van der Waals surface area contributed by atoms with Crippen LogP contribution < -0.4 is 16.8 Å². The van der Waals surface area contributed by atoms with Crippen molar-refractivity contribution in [3.8, 4) is 0 Å². The smallest absolute Gasteiger partial charge is 0.169 e. The van der Waals surface area contributed by atoms with E-state index in [0.717, 1.165) is 19.3 Å². The highest BCUT2D eigenvalue weighted by atomic mass is 35.5. The molecule has 18 heavy (non-hydrogen) atoms. The number of anilines is 3. The minimum atomic E-state index is -0.574. The van der Waals surface area contributed by atoms with Crippen molar-refractivity contribution in [2.24, 2.45) is 0 Å². The highest BCUT2D eigenvalue weighted by Gasteiger charge is 2.14. The van der Waals surface area contributed by atoms with Crippen molar-refractivity contribution in [1.82, 2.24) is 0 Å². The Morgan fingerprint density at radius 1 is 1.33 bits per heavy atom. The quantitative estimate of drug-likeness (QED) is 0.578. The van der Waals surface area contributed by atoms with Crippen LogP contribution in [0.2, 0.25) is 5.02 Å². The van der Waals surface area contributed by atoms with Gasteiger partial charge in [0.25, 0.3) is 0 Å². The Labute approximate surface area is 111 Å². The predicted molar refractivity (Wildman–Crippen MR) is 75.3 cm³/mol. The van der Waals surface area contributed by atoms with Gasteiger partial charge in [0.05, 0.1) is 17.1 Å². The molecular weight excluding hydrogens is 253 g/mol. The second-order valence-corrected chi connectivity index (χ2v) is 4.87. The Bertz CT molecular complexity index is 486. The van der Waals surface area contributed by atoms with Gasteiger partial charge in [-0.2, -0.15) is 0 Å². The summed E-state index contributed by atoms with van der Waals surface area (Å²) in [7, 11) is 0. The fourth-order valence-electron chi connectivity index (χ4n) is 2.16. The van der Waals surface area contributed by atoms with Crippen LogP contribution in [-0.4, -0.2) is 6.54 Å². The Balaban J connectivity index is 2.02. The first-order valence-electron chi connectivity index (χ1n) is 6.04. The van der Waals surface area contributed by atoms with Crippen molar-refractivity contribution in [2.45, 2.75) is 25.7 Å². The van der Waals surface area contributed by atoms with Gasteiger partial charge in [-0.1, -0.05) is 23.3 Å². The van der Waals surface area contributed by atoms with Crippen LogP contribution in [0.25, 0.3) is 0 Å². The van der Waals surface area contributed by atoms with Gasteiger partial charge in [-0.25, -0.2) is 4.39 Å². The first kappa shape index (κ1) is 13.0. The molecule has 5 N–H and O–H groups in total. The average Bonchev–Trinajstić information content (AvgIpc) is 2.84. The van der Waals surface area contributed by atoms with Crippen LogP contribution in [0, 0.1) is 5.82 Å². The summed E-state index contributed by atoms with van der Waals surface area (Å²) in [5, 5.41) is 2.92. The van der Waals surface area contributed by atoms with Gasteiger partial charge in [-0.05, 0) is 31.7 Å². The molecule has 0 spiro atoms. The third kappa shape index (κ3) is 2.70. The summed E-state index contributed by atoms with van der Waals surface area (Å²) in [4.78, 5) is 0. The summed E-state index contributed by atoms with van der Waals surface area (Å²) < 4.78 is 13.9. The van der Waals surface area contributed by atoms with Crippen LogP contribution in [0.3, 0.4) is 0 Å². The molecule has 0 aromatic heterocycles. The topological polar surface area (TPSA) is 64.1 Å². The number of nitrogens with one attached hydrogen (secondary N) is 1. The molecule has 0 bridgehead atoms. The Kier molecular flexibility index (Phi) is 3.97. The van der Waals surface area contributed by atoms with Crippen LogP contribution in [-0.2, 0) is 0 Å². The molecule has 1 aliphatic carbocycles. The zero-order valence-electron chi connectivity index (χ0n) is 10.1. The summed E-state index contributed by atoms with van der Waals surface area (Å²) in [6.45, 7) is 0.646. The minimum absolute atomic E-state index is 0.0771. The number of halogens is 2. The van der Waals surface area contributed by atoms with E-state index in [4.69, 9.17) is 23.1 Å². The summed E-state index contributed by atoms with van der Waals surface area (Å²) in [6.07, 6.45) is 6.67. The van der Waals surface area contributed by atoms with Gasteiger partial charge < -0.3 is 16.8 Å². The van der Waals surface area contributed by atoms with Crippen molar-refractivity contribution < 1.29 is 4.39 Å². The lowest BCUT2D eigenvalue weighted by Gasteiger charge is -2.13. The van der Waals surface area contributed by atoms with E-state index in [-0.39, 0.29) is 22.1 Å². The van der Waals surface area contributed by atoms with E-state index in [1.165, 1.54) is 18.1 Å². The lowest BCUT2D eigenvalue weighted by atomic mass is 10.1. The van der Waals surface area contributed by atoms with Gasteiger partial charge in [0.2, 0.25) is 0 Å². The molecule has 0 atom stereocenters. The summed E-state index contributed by atoms with van der Waals surface area (Å²) in [5.41, 5.74) is 13.4. The molecule has 0 aliphatic heterocycles. The molecule has 5 heteroatoms. The predicted octanol–water partition coefficient (Wildman–Crippen LogP) is 3.56. The van der Waals surface area contributed by atoms with Crippen LogP contribution in [0.5, 0.6) is 0 Å². The average molecular weight is 270 g/mol. The molecule has 2 rings (SSSR count). The van der Waals surface area contributed by atoms with E-state index >= 15 is 0 Å². The molecule has 0 heterocycles. The molecule has 3 nitrogen and oxygen atoms in total. The number of nitrogens with two attached hydrogens (primary N) is 2. The first-order chi connectivity index (χ1) is 8.59. The van der Waals surface area contributed by atoms with Crippen molar-refractivity contribution >= 4 is 28.7 Å². The van der Waals surface area contributed by atoms with Gasteiger partial charge in [0, 0.05) is 6.54 Å². The lowest BCUT2D eigenvalue weighted by molar-refractivity contribution is 0.631. The molecule has 98 valence electrons. The van der Waals surface area contributed by atoms with Gasteiger partial charge in [-0.3, -0.25) is 0 Å². The Hall–Kier alpha value is -1.42. The molecular formula is C13H17ClFN3. The SMILES string of the molecule is Nc1cc(N)c(NCCC2=CCCC2)c(F)c1Cl. The third-order valence-corrected chi connectivity index (χ3v) is 3.53. The molecule has 0 radical (unpaired) electrons. The number of allylic oxidation sites excluding steroid dienone is 1. The van der Waals surface area contributed by atoms with Crippen LogP contribution in [0.4, 0.5) is 21.5 Å². The van der Waals surface area contributed by atoms with Gasteiger partial charge in [0.15, 0.2) is 5.82 Å². The number of hydrogen-bond acceptors (Lipinski definition) is 3. The molecule has 1 aromatic carbocycles. The zero-order chi connectivity index (χ0) is 13.1. The molecule has 1 aliphatic rings. The molecule has 0 unspecified atom stereocenters. The van der Waals surface area contributed by atoms with E-state index < -0.39 is 5.82 Å². The summed E-state index contributed by atoms with van der Waals surface area (Å²) >= 11 is 5.75. The van der Waals surface area contributed by atoms with E-state index in [9.17, 15) is 4.39 Å². The number of hydrogen-bond donors (Lipinski definition) is 3. The second-order valence-electron chi connectivity index (χ2n) is 4.49. The minimum Gasteiger partial charge on any atom is -0.397 e. The lowest BCUT2D eigenvalue weighted by Crippen LogP contribution is -2.08. The van der Waals surface area contributed by atoms with Crippen LogP contribution in [0.15, 0.2) is 17.7 Å². The molecule has 0 fully saturated rings. The van der Waals surface area contributed by atoms with Crippen molar-refractivity contribution in [3.63, 3.8) is 0 Å². The van der Waals surface area contributed by atoms with Crippen LogP contribution in [0.1, 0.15) is 25.7 Å². The van der Waals surface area contributed by atoms with Gasteiger partial charge >= 0.3 is 0 Å². The maximum Gasteiger partial charge on any atom is 0.169 e. The summed E-state index contributed by atoms with van der Waals surface area (Å²) in [5.74, 6) is -0.574. The Morgan fingerprint density at radius 3 is 2.78 bits per heavy atom. The van der Waals surface area contributed by atoms with E-state index in [2.05, 4.69) is 11.4 Å². The fraction of sp³-hybridized carbons (Fsp3) is 0.385. The van der Waals surface area contributed by atoms with Gasteiger partial charge in [-0.15, -0.1) is 0 Å². The number of nitrogen functional groups attached to an aromatic ring is 2. The molecule has 0 saturated carbocycles. The van der Waals surface area contributed by atoms with Crippen molar-refractivity contribution in [2.75, 3.05) is 23.3 Å². The molecule has 0 saturated heterocycles. The standard InChI is InChI=1S/C13H17ClFN3/c14-11-9(16)7-10(17)13(12(11)15)18-6-5-8-3-1-2-4-8/h3,7,18H,1-2,4-6,16-17H2. The maximum atomic E-state index is 13.9. The number of rotatable bonds is 4. The molecule has 1 aromatic rings. The first-order valence-corrected chi connectivity index (χ1v) is 6.42. The number of benzene rings is 1. The largest absolute Gasteiger partial charge is 0.397 e. The fourth-order valence-corrected chi connectivity index (χ4v) is 2.31. The second kappa shape index (κ2) is 5.48. The highest BCUT2D eigenvalue weighted by Crippen LogP contribution is 2.33. The van der Waals surface area contributed by atoms with E-state index in [1.807, 2.05) is 0 Å². The molecule has 0 amide bonds. The van der Waals surface area contributed by atoms with E-state index in [1.54, 1.807) is 0 Å². The van der Waals surface area contributed by atoms with Crippen LogP contribution >= 0.6 is 11.6 Å². The zero-order valence-corrected chi connectivity index (χ0v) is 10.9. The monoisotopic (exact) mass is 269 g/mol. The van der Waals surface area contributed by atoms with Crippen molar-refractivity contribution in [3.05, 3.63) is 28.6 Å². The summed E-state index contributed by atoms with van der Waals surface area (Å²) in [6, 6.07) is 1.47. The van der Waals surface area contributed by atoms with Gasteiger partial charge in [0.1, 0.15) is 5.02 Å².